The Morgan fingerprint density at radius 3 is 2.46 bits per heavy atom. The fourth-order valence-electron chi connectivity index (χ4n) is 1.63. The van der Waals surface area contributed by atoms with Crippen LogP contribution in [-0.4, -0.2) is 34.9 Å². The lowest BCUT2D eigenvalue weighted by molar-refractivity contribution is -0.142. The first kappa shape index (κ1) is 9.98. The number of hydrogen-bond donors (Lipinski definition) is 2. The Labute approximate surface area is 75.3 Å². The number of rotatable bonds is 1. The summed E-state index contributed by atoms with van der Waals surface area (Å²) < 4.78 is 5.19. The molecule has 74 valence electrons. The third kappa shape index (κ3) is 2.69. The van der Waals surface area contributed by atoms with Gasteiger partial charge in [-0.1, -0.05) is 0 Å². The highest BCUT2D eigenvalue weighted by molar-refractivity contribution is 5.70. The second-order valence-corrected chi connectivity index (χ2v) is 3.17. The molecule has 2 fully saturated rings. The molecular formula is C8H12O5. The van der Waals surface area contributed by atoms with Gasteiger partial charge in [0.05, 0.1) is 18.1 Å². The first-order valence-electron chi connectivity index (χ1n) is 4.15. The summed E-state index contributed by atoms with van der Waals surface area (Å²) >= 11 is 0. The Morgan fingerprint density at radius 1 is 1.38 bits per heavy atom. The molecule has 0 radical (unpaired) electrons. The second-order valence-electron chi connectivity index (χ2n) is 3.17. The Hall–Kier alpha value is -1.10. The lowest BCUT2D eigenvalue weighted by Gasteiger charge is -2.12. The molecule has 0 bridgehead atoms. The molecule has 3 atom stereocenters. The summed E-state index contributed by atoms with van der Waals surface area (Å²) in [5.74, 6) is -0.794. The van der Waals surface area contributed by atoms with Gasteiger partial charge in [-0.3, -0.25) is 9.59 Å². The maximum Gasteiger partial charge on any atom is 0.306 e. The summed E-state index contributed by atoms with van der Waals surface area (Å²) in [7, 11) is 0. The minimum absolute atomic E-state index is 0.135. The summed E-state index contributed by atoms with van der Waals surface area (Å²) in [6.07, 6.45) is 3.18. The molecule has 0 amide bonds. The molecule has 2 aliphatic rings. The van der Waals surface area contributed by atoms with Crippen LogP contribution in [0, 0.1) is 5.92 Å². The first-order valence-corrected chi connectivity index (χ1v) is 4.15. The van der Waals surface area contributed by atoms with Crippen molar-refractivity contribution >= 4 is 12.4 Å². The Bertz CT molecular complexity index is 203. The molecule has 1 heterocycles. The quantitative estimate of drug-likeness (QED) is 0.457. The van der Waals surface area contributed by atoms with E-state index in [4.69, 9.17) is 19.7 Å². The molecule has 5 nitrogen and oxygen atoms in total. The number of carboxylic acid groups (broad SMARTS) is 2. The fraction of sp³-hybridized carbons (Fsp3) is 0.750. The molecule has 1 saturated heterocycles. The molecule has 0 aromatic heterocycles. The van der Waals surface area contributed by atoms with Crippen LogP contribution in [-0.2, 0) is 14.3 Å². The lowest BCUT2D eigenvalue weighted by Crippen LogP contribution is -2.21. The Balaban J connectivity index is 0.000000251. The van der Waals surface area contributed by atoms with Gasteiger partial charge in [-0.15, -0.1) is 0 Å². The standard InChI is InChI=1S/C7H10O3.CH2O2/c8-7(9)4-1-2-5-6(3-4)10-5;2-1-3/h4-6H,1-3H2,(H,8,9);1H,(H,2,3). The van der Waals surface area contributed by atoms with Gasteiger partial charge in [0.15, 0.2) is 0 Å². The molecule has 2 rings (SSSR count). The zero-order chi connectivity index (χ0) is 9.84. The average molecular weight is 188 g/mol. The third-order valence-corrected chi connectivity index (χ3v) is 2.35. The van der Waals surface area contributed by atoms with Crippen molar-refractivity contribution in [3.8, 4) is 0 Å². The van der Waals surface area contributed by atoms with E-state index in [0.717, 1.165) is 19.3 Å². The molecule has 1 saturated carbocycles. The molecule has 0 aromatic carbocycles. The fourth-order valence-corrected chi connectivity index (χ4v) is 1.63. The van der Waals surface area contributed by atoms with Gasteiger partial charge < -0.3 is 14.9 Å². The van der Waals surface area contributed by atoms with Crippen LogP contribution < -0.4 is 0 Å². The molecule has 3 unspecified atom stereocenters. The number of ether oxygens (including phenoxy) is 1. The molecule has 2 N–H and O–H groups in total. The molecule has 1 aliphatic heterocycles. The van der Waals surface area contributed by atoms with Crippen LogP contribution in [0.4, 0.5) is 0 Å². The summed E-state index contributed by atoms with van der Waals surface area (Å²) in [4.78, 5) is 18.8. The van der Waals surface area contributed by atoms with Crippen molar-refractivity contribution in [2.45, 2.75) is 31.5 Å². The Morgan fingerprint density at radius 2 is 2.00 bits per heavy atom. The number of hydrogen-bond acceptors (Lipinski definition) is 3. The van der Waals surface area contributed by atoms with E-state index in [1.165, 1.54) is 0 Å². The zero-order valence-corrected chi connectivity index (χ0v) is 7.05. The number of fused-ring (bicyclic) bond motifs is 1. The van der Waals surface area contributed by atoms with Crippen LogP contribution in [0.5, 0.6) is 0 Å². The highest BCUT2D eigenvalue weighted by atomic mass is 16.6. The largest absolute Gasteiger partial charge is 0.483 e. The molecule has 5 heteroatoms. The van der Waals surface area contributed by atoms with Crippen molar-refractivity contribution in [2.24, 2.45) is 5.92 Å². The lowest BCUT2D eigenvalue weighted by atomic mass is 9.90. The maximum atomic E-state index is 10.5. The van der Waals surface area contributed by atoms with Crippen molar-refractivity contribution in [3.05, 3.63) is 0 Å². The molecule has 0 spiro atoms. The molecule has 13 heavy (non-hydrogen) atoms. The van der Waals surface area contributed by atoms with E-state index in [1.807, 2.05) is 0 Å². The van der Waals surface area contributed by atoms with Crippen LogP contribution in [0.15, 0.2) is 0 Å². The summed E-state index contributed by atoms with van der Waals surface area (Å²) in [6, 6.07) is 0. The maximum absolute atomic E-state index is 10.5. The normalized spacial score (nSPS) is 34.9. The smallest absolute Gasteiger partial charge is 0.306 e. The highest BCUT2D eigenvalue weighted by Crippen LogP contribution is 2.39. The molecular weight excluding hydrogens is 176 g/mol. The summed E-state index contributed by atoms with van der Waals surface area (Å²) in [6.45, 7) is -0.250. The second kappa shape index (κ2) is 4.23. The van der Waals surface area contributed by atoms with Gasteiger partial charge in [0, 0.05) is 0 Å². The number of epoxide rings is 1. The van der Waals surface area contributed by atoms with Crippen LogP contribution in [0.2, 0.25) is 0 Å². The van der Waals surface area contributed by atoms with Crippen LogP contribution >= 0.6 is 0 Å². The van der Waals surface area contributed by atoms with Crippen LogP contribution in [0.3, 0.4) is 0 Å². The highest BCUT2D eigenvalue weighted by Gasteiger charge is 2.45. The van der Waals surface area contributed by atoms with Crippen molar-refractivity contribution in [1.82, 2.24) is 0 Å². The van der Waals surface area contributed by atoms with E-state index in [9.17, 15) is 4.79 Å². The molecule has 0 aromatic rings. The number of carboxylic acids is 1. The van der Waals surface area contributed by atoms with Gasteiger partial charge in [0.1, 0.15) is 0 Å². The van der Waals surface area contributed by atoms with Crippen molar-refractivity contribution in [3.63, 3.8) is 0 Å². The van der Waals surface area contributed by atoms with E-state index in [0.29, 0.717) is 6.10 Å². The predicted octanol–water partition coefficient (Wildman–Crippen LogP) is 0.339. The zero-order valence-electron chi connectivity index (χ0n) is 7.05. The van der Waals surface area contributed by atoms with E-state index < -0.39 is 5.97 Å². The van der Waals surface area contributed by atoms with E-state index in [2.05, 4.69) is 0 Å². The third-order valence-electron chi connectivity index (χ3n) is 2.35. The van der Waals surface area contributed by atoms with Gasteiger partial charge in [0.25, 0.3) is 6.47 Å². The van der Waals surface area contributed by atoms with Gasteiger partial charge in [-0.05, 0) is 19.3 Å². The van der Waals surface area contributed by atoms with Crippen LogP contribution in [0.1, 0.15) is 19.3 Å². The van der Waals surface area contributed by atoms with Crippen LogP contribution in [0.25, 0.3) is 0 Å². The number of carbonyl (C=O) groups is 2. The van der Waals surface area contributed by atoms with E-state index in [-0.39, 0.29) is 18.5 Å². The van der Waals surface area contributed by atoms with Crippen molar-refractivity contribution in [1.29, 1.82) is 0 Å². The average Bonchev–Trinajstić information content (AvgIpc) is 2.82. The number of aliphatic carboxylic acids is 1. The minimum Gasteiger partial charge on any atom is -0.483 e. The first-order chi connectivity index (χ1) is 6.19. The Kier molecular flexibility index (Phi) is 3.25. The topological polar surface area (TPSA) is 87.1 Å². The summed E-state index contributed by atoms with van der Waals surface area (Å²) in [5.41, 5.74) is 0. The predicted molar refractivity (Wildman–Crippen MR) is 42.3 cm³/mol. The van der Waals surface area contributed by atoms with Crippen molar-refractivity contribution in [2.75, 3.05) is 0 Å². The SMILES string of the molecule is O=C(O)C1CCC2OC2C1.O=CO. The van der Waals surface area contributed by atoms with E-state index >= 15 is 0 Å². The van der Waals surface area contributed by atoms with E-state index in [1.54, 1.807) is 0 Å². The van der Waals surface area contributed by atoms with Gasteiger partial charge >= 0.3 is 5.97 Å². The monoisotopic (exact) mass is 188 g/mol. The van der Waals surface area contributed by atoms with Gasteiger partial charge in [0.2, 0.25) is 0 Å². The molecule has 1 aliphatic carbocycles. The minimum atomic E-state index is -0.658. The van der Waals surface area contributed by atoms with Gasteiger partial charge in [-0.2, -0.15) is 0 Å². The summed E-state index contributed by atoms with van der Waals surface area (Å²) in [5, 5.41) is 15.5. The van der Waals surface area contributed by atoms with Crippen molar-refractivity contribution < 1.29 is 24.5 Å². The van der Waals surface area contributed by atoms with Gasteiger partial charge in [-0.25, -0.2) is 0 Å².